The molecule has 0 aliphatic carbocycles. The molecule has 5 heteroatoms. The van der Waals surface area contributed by atoms with Crippen LogP contribution >= 0.6 is 0 Å². The number of nitrogens with zero attached hydrogens (tertiary/aromatic N) is 3. The summed E-state index contributed by atoms with van der Waals surface area (Å²) in [6, 6.07) is 5.50. The fourth-order valence-electron chi connectivity index (χ4n) is 1.61. The average molecular weight is 258 g/mol. The predicted octanol–water partition coefficient (Wildman–Crippen LogP) is 2.59. The predicted molar refractivity (Wildman–Crippen MR) is 74.2 cm³/mol. The van der Waals surface area contributed by atoms with E-state index in [1.54, 1.807) is 23.1 Å². The van der Waals surface area contributed by atoms with Gasteiger partial charge in [-0.2, -0.15) is 5.10 Å². The van der Waals surface area contributed by atoms with E-state index in [1.165, 1.54) is 0 Å². The Morgan fingerprint density at radius 3 is 2.63 bits per heavy atom. The van der Waals surface area contributed by atoms with E-state index in [0.29, 0.717) is 11.4 Å². The van der Waals surface area contributed by atoms with Crippen molar-refractivity contribution in [1.82, 2.24) is 14.8 Å². The van der Waals surface area contributed by atoms with Gasteiger partial charge in [-0.15, -0.1) is 0 Å². The van der Waals surface area contributed by atoms with E-state index in [-0.39, 0.29) is 11.4 Å². The highest BCUT2D eigenvalue weighted by Gasteiger charge is 2.16. The van der Waals surface area contributed by atoms with Crippen LogP contribution in [0.1, 0.15) is 36.8 Å². The molecular weight excluding hydrogens is 240 g/mol. The molecular formula is C14H18N4O. The molecule has 1 amide bonds. The van der Waals surface area contributed by atoms with Crippen molar-refractivity contribution in [2.75, 3.05) is 5.32 Å². The van der Waals surface area contributed by atoms with E-state index >= 15 is 0 Å². The lowest BCUT2D eigenvalue weighted by Gasteiger charge is -2.18. The van der Waals surface area contributed by atoms with E-state index in [9.17, 15) is 4.79 Å². The Morgan fingerprint density at radius 1 is 1.32 bits per heavy atom. The van der Waals surface area contributed by atoms with Crippen LogP contribution in [0, 0.1) is 6.92 Å². The SMILES string of the molecule is Cc1cccc(NC(=O)c2cnn(C(C)(C)C)c2)n1. The summed E-state index contributed by atoms with van der Waals surface area (Å²) in [4.78, 5) is 16.3. The summed E-state index contributed by atoms with van der Waals surface area (Å²) in [5.74, 6) is 0.349. The quantitative estimate of drug-likeness (QED) is 0.900. The second-order valence-corrected chi connectivity index (χ2v) is 5.46. The van der Waals surface area contributed by atoms with Crippen LogP contribution < -0.4 is 5.32 Å². The van der Waals surface area contributed by atoms with Gasteiger partial charge in [0.15, 0.2) is 0 Å². The molecule has 0 saturated carbocycles. The van der Waals surface area contributed by atoms with E-state index in [0.717, 1.165) is 5.69 Å². The van der Waals surface area contributed by atoms with Gasteiger partial charge in [-0.3, -0.25) is 9.48 Å². The van der Waals surface area contributed by atoms with E-state index in [2.05, 4.69) is 15.4 Å². The number of carbonyl (C=O) groups excluding carboxylic acids is 1. The van der Waals surface area contributed by atoms with Crippen molar-refractivity contribution in [2.45, 2.75) is 33.2 Å². The topological polar surface area (TPSA) is 59.8 Å². The van der Waals surface area contributed by atoms with Crippen molar-refractivity contribution in [2.24, 2.45) is 0 Å². The number of hydrogen-bond donors (Lipinski definition) is 1. The number of hydrogen-bond acceptors (Lipinski definition) is 3. The lowest BCUT2D eigenvalue weighted by Crippen LogP contribution is -2.22. The van der Waals surface area contributed by atoms with Crippen molar-refractivity contribution in [3.63, 3.8) is 0 Å². The molecule has 0 saturated heterocycles. The van der Waals surface area contributed by atoms with Crippen LogP contribution in [0.3, 0.4) is 0 Å². The Labute approximate surface area is 112 Å². The molecule has 5 nitrogen and oxygen atoms in total. The standard InChI is InChI=1S/C14H18N4O/c1-10-6-5-7-12(16-10)17-13(19)11-8-15-18(9-11)14(2,3)4/h5-9H,1-4H3,(H,16,17,19). The third-order valence-electron chi connectivity index (χ3n) is 2.66. The smallest absolute Gasteiger partial charge is 0.260 e. The number of aromatic nitrogens is 3. The van der Waals surface area contributed by atoms with Crippen molar-refractivity contribution >= 4 is 11.7 Å². The van der Waals surface area contributed by atoms with Gasteiger partial charge in [0.2, 0.25) is 0 Å². The zero-order valence-corrected chi connectivity index (χ0v) is 11.6. The molecule has 0 atom stereocenters. The molecule has 2 rings (SSSR count). The fourth-order valence-corrected chi connectivity index (χ4v) is 1.61. The van der Waals surface area contributed by atoms with Crippen LogP contribution in [0.4, 0.5) is 5.82 Å². The normalized spacial score (nSPS) is 11.4. The minimum absolute atomic E-state index is 0.139. The molecule has 0 aliphatic heterocycles. The highest BCUT2D eigenvalue weighted by molar-refractivity contribution is 6.03. The number of aryl methyl sites for hydroxylation is 1. The van der Waals surface area contributed by atoms with Gasteiger partial charge >= 0.3 is 0 Å². The maximum absolute atomic E-state index is 12.1. The third-order valence-corrected chi connectivity index (χ3v) is 2.66. The van der Waals surface area contributed by atoms with Gasteiger partial charge in [-0.25, -0.2) is 4.98 Å². The lowest BCUT2D eigenvalue weighted by molar-refractivity contribution is 0.102. The second kappa shape index (κ2) is 4.84. The van der Waals surface area contributed by atoms with Gasteiger partial charge in [0.05, 0.1) is 17.3 Å². The van der Waals surface area contributed by atoms with E-state index in [1.807, 2.05) is 39.8 Å². The third kappa shape index (κ3) is 3.19. The first-order chi connectivity index (χ1) is 8.86. The monoisotopic (exact) mass is 258 g/mol. The van der Waals surface area contributed by atoms with Crippen LogP contribution in [-0.4, -0.2) is 20.7 Å². The van der Waals surface area contributed by atoms with Gasteiger partial charge in [0.25, 0.3) is 5.91 Å². The average Bonchev–Trinajstić information content (AvgIpc) is 2.77. The van der Waals surface area contributed by atoms with Gasteiger partial charge in [-0.1, -0.05) is 6.07 Å². The molecule has 100 valence electrons. The molecule has 2 aromatic heterocycles. The molecule has 0 aromatic carbocycles. The molecule has 2 heterocycles. The molecule has 19 heavy (non-hydrogen) atoms. The summed E-state index contributed by atoms with van der Waals surface area (Å²) in [7, 11) is 0. The largest absolute Gasteiger partial charge is 0.306 e. The molecule has 0 spiro atoms. The highest BCUT2D eigenvalue weighted by Crippen LogP contribution is 2.14. The first-order valence-corrected chi connectivity index (χ1v) is 6.16. The molecule has 0 fully saturated rings. The maximum Gasteiger partial charge on any atom is 0.260 e. The summed E-state index contributed by atoms with van der Waals surface area (Å²) in [6.45, 7) is 7.98. The molecule has 0 radical (unpaired) electrons. The first-order valence-electron chi connectivity index (χ1n) is 6.16. The minimum atomic E-state index is -0.200. The summed E-state index contributed by atoms with van der Waals surface area (Å²) < 4.78 is 1.77. The summed E-state index contributed by atoms with van der Waals surface area (Å²) >= 11 is 0. The molecule has 2 aromatic rings. The molecule has 1 N–H and O–H groups in total. The van der Waals surface area contributed by atoms with Crippen LogP contribution in [0.15, 0.2) is 30.6 Å². The minimum Gasteiger partial charge on any atom is -0.306 e. The molecule has 0 bridgehead atoms. The first kappa shape index (κ1) is 13.3. The number of nitrogens with one attached hydrogen (secondary N) is 1. The molecule has 0 unspecified atom stereocenters. The summed E-state index contributed by atoms with van der Waals surface area (Å²) in [5, 5.41) is 6.96. The van der Waals surface area contributed by atoms with Crippen LogP contribution in [-0.2, 0) is 5.54 Å². The Hall–Kier alpha value is -2.17. The lowest BCUT2D eigenvalue weighted by atomic mass is 10.1. The van der Waals surface area contributed by atoms with Crippen molar-refractivity contribution in [1.29, 1.82) is 0 Å². The van der Waals surface area contributed by atoms with Gasteiger partial charge in [-0.05, 0) is 39.8 Å². The van der Waals surface area contributed by atoms with Gasteiger partial charge in [0.1, 0.15) is 5.82 Å². The van der Waals surface area contributed by atoms with Crippen LogP contribution in [0.5, 0.6) is 0 Å². The zero-order valence-electron chi connectivity index (χ0n) is 11.6. The van der Waals surface area contributed by atoms with Gasteiger partial charge in [0, 0.05) is 11.9 Å². The number of carbonyl (C=O) groups is 1. The van der Waals surface area contributed by atoms with Gasteiger partial charge < -0.3 is 5.32 Å². The van der Waals surface area contributed by atoms with E-state index < -0.39 is 0 Å². The molecule has 0 aliphatic rings. The Bertz CT molecular complexity index is 595. The Balaban J connectivity index is 2.14. The Morgan fingerprint density at radius 2 is 2.05 bits per heavy atom. The van der Waals surface area contributed by atoms with Crippen molar-refractivity contribution in [3.05, 3.63) is 41.9 Å². The summed E-state index contributed by atoms with van der Waals surface area (Å²) in [6.07, 6.45) is 3.31. The number of pyridine rings is 1. The Kier molecular flexibility index (Phi) is 3.38. The fraction of sp³-hybridized carbons (Fsp3) is 0.357. The number of amides is 1. The zero-order chi connectivity index (χ0) is 14.0. The maximum atomic E-state index is 12.1. The van der Waals surface area contributed by atoms with E-state index in [4.69, 9.17) is 0 Å². The van der Waals surface area contributed by atoms with Crippen molar-refractivity contribution in [3.8, 4) is 0 Å². The second-order valence-electron chi connectivity index (χ2n) is 5.46. The van der Waals surface area contributed by atoms with Crippen molar-refractivity contribution < 1.29 is 4.79 Å². The number of rotatable bonds is 2. The highest BCUT2D eigenvalue weighted by atomic mass is 16.1. The number of anilines is 1. The van der Waals surface area contributed by atoms with Crippen LogP contribution in [0.2, 0.25) is 0 Å². The van der Waals surface area contributed by atoms with Crippen LogP contribution in [0.25, 0.3) is 0 Å². The summed E-state index contributed by atoms with van der Waals surface area (Å²) in [5.41, 5.74) is 1.25.